The van der Waals surface area contributed by atoms with Gasteiger partial charge in [0.25, 0.3) is 0 Å². The fourth-order valence-corrected chi connectivity index (χ4v) is 2.66. The van der Waals surface area contributed by atoms with E-state index in [1.54, 1.807) is 0 Å². The molecule has 0 bridgehead atoms. The van der Waals surface area contributed by atoms with E-state index in [-0.39, 0.29) is 0 Å². The summed E-state index contributed by atoms with van der Waals surface area (Å²) in [5, 5.41) is 0.747. The Bertz CT molecular complexity index is 411. The molecule has 0 saturated carbocycles. The summed E-state index contributed by atoms with van der Waals surface area (Å²) in [6.45, 7) is 5.30. The van der Waals surface area contributed by atoms with Gasteiger partial charge in [0, 0.05) is 31.7 Å². The zero-order chi connectivity index (χ0) is 13.1. The quantitative estimate of drug-likeness (QED) is 0.658. The molecule has 0 aliphatic carbocycles. The molecule has 1 aliphatic rings. The first-order valence-electron chi connectivity index (χ1n) is 6.27. The molecule has 2 heterocycles. The molecule has 2 rings (SSSR count). The summed E-state index contributed by atoms with van der Waals surface area (Å²) in [6, 6.07) is 2.46. The first kappa shape index (κ1) is 13.4. The van der Waals surface area contributed by atoms with Crippen molar-refractivity contribution in [3.63, 3.8) is 0 Å². The third kappa shape index (κ3) is 2.87. The monoisotopic (exact) mass is 267 g/mol. The number of nitrogens with two attached hydrogens (primary N) is 1. The molecule has 1 fully saturated rings. The van der Waals surface area contributed by atoms with Crippen LogP contribution in [0.5, 0.6) is 0 Å². The molecule has 0 aromatic carbocycles. The van der Waals surface area contributed by atoms with Gasteiger partial charge in [-0.05, 0) is 19.7 Å². The first-order valence-corrected chi connectivity index (χ1v) is 7.50. The van der Waals surface area contributed by atoms with Crippen LogP contribution in [0.4, 0.5) is 11.6 Å². The maximum atomic E-state index is 5.83. The fraction of sp³-hybridized carbons (Fsp3) is 0.667. The van der Waals surface area contributed by atoms with Crippen LogP contribution in [-0.2, 0) is 0 Å². The van der Waals surface area contributed by atoms with Crippen LogP contribution >= 0.6 is 11.8 Å². The minimum Gasteiger partial charge on any atom is -0.383 e. The van der Waals surface area contributed by atoms with Gasteiger partial charge in [0.1, 0.15) is 11.6 Å². The van der Waals surface area contributed by atoms with E-state index >= 15 is 0 Å². The standard InChI is InChI=1S/C12H21N5S/c1-4-9-8-17(6-5-16(9)2)11-7-10(13)14-12(15-11)18-3/h7,9H,4-6,8H2,1-3H3,(H2,13,14,15). The zero-order valence-electron chi connectivity index (χ0n) is 11.3. The molecule has 1 unspecified atom stereocenters. The van der Waals surface area contributed by atoms with Gasteiger partial charge in [0.15, 0.2) is 5.16 Å². The number of likely N-dealkylation sites (N-methyl/N-ethyl adjacent to an activating group) is 1. The van der Waals surface area contributed by atoms with Crippen molar-refractivity contribution in [1.82, 2.24) is 14.9 Å². The maximum absolute atomic E-state index is 5.83. The average Bonchev–Trinajstić information content (AvgIpc) is 2.38. The van der Waals surface area contributed by atoms with Gasteiger partial charge in [-0.25, -0.2) is 9.97 Å². The molecule has 1 saturated heterocycles. The molecule has 0 spiro atoms. The van der Waals surface area contributed by atoms with Gasteiger partial charge in [0.05, 0.1) is 0 Å². The summed E-state index contributed by atoms with van der Waals surface area (Å²) in [5.41, 5.74) is 5.83. The zero-order valence-corrected chi connectivity index (χ0v) is 12.1. The Morgan fingerprint density at radius 1 is 1.44 bits per heavy atom. The van der Waals surface area contributed by atoms with E-state index in [9.17, 15) is 0 Å². The summed E-state index contributed by atoms with van der Waals surface area (Å²) in [5.74, 6) is 1.51. The number of nitrogen functional groups attached to an aromatic ring is 1. The summed E-state index contributed by atoms with van der Waals surface area (Å²) in [6.07, 6.45) is 3.13. The number of piperazine rings is 1. The molecule has 1 aromatic rings. The molecule has 18 heavy (non-hydrogen) atoms. The largest absolute Gasteiger partial charge is 0.383 e. The van der Waals surface area contributed by atoms with Gasteiger partial charge in [-0.15, -0.1) is 0 Å². The highest BCUT2D eigenvalue weighted by Gasteiger charge is 2.24. The van der Waals surface area contributed by atoms with Crippen LogP contribution in [0.3, 0.4) is 0 Å². The van der Waals surface area contributed by atoms with Gasteiger partial charge >= 0.3 is 0 Å². The normalized spacial score (nSPS) is 21.3. The Balaban J connectivity index is 2.18. The second-order valence-electron chi connectivity index (χ2n) is 4.63. The van der Waals surface area contributed by atoms with E-state index in [0.717, 1.165) is 37.0 Å². The lowest BCUT2D eigenvalue weighted by atomic mass is 10.1. The van der Waals surface area contributed by atoms with Gasteiger partial charge in [-0.1, -0.05) is 18.7 Å². The van der Waals surface area contributed by atoms with Crippen molar-refractivity contribution in [3.8, 4) is 0 Å². The highest BCUT2D eigenvalue weighted by molar-refractivity contribution is 7.98. The lowest BCUT2D eigenvalue weighted by molar-refractivity contribution is 0.213. The molecule has 6 heteroatoms. The second kappa shape index (κ2) is 5.75. The van der Waals surface area contributed by atoms with Crippen molar-refractivity contribution in [2.75, 3.05) is 43.6 Å². The van der Waals surface area contributed by atoms with Crippen LogP contribution < -0.4 is 10.6 Å². The van der Waals surface area contributed by atoms with Crippen molar-refractivity contribution in [1.29, 1.82) is 0 Å². The molecule has 2 N–H and O–H groups in total. The van der Waals surface area contributed by atoms with Gasteiger partial charge in [0.2, 0.25) is 0 Å². The highest BCUT2D eigenvalue weighted by Crippen LogP contribution is 2.22. The van der Waals surface area contributed by atoms with Crippen molar-refractivity contribution in [3.05, 3.63) is 6.07 Å². The SMILES string of the molecule is CCC1CN(c2cc(N)nc(SC)n2)CCN1C. The Kier molecular flexibility index (Phi) is 4.29. The molecule has 1 atom stereocenters. The number of nitrogens with zero attached hydrogens (tertiary/aromatic N) is 4. The van der Waals surface area contributed by atoms with Crippen LogP contribution in [0.2, 0.25) is 0 Å². The molecule has 0 radical (unpaired) electrons. The van der Waals surface area contributed by atoms with Gasteiger partial charge in [-0.3, -0.25) is 4.90 Å². The van der Waals surface area contributed by atoms with E-state index < -0.39 is 0 Å². The fourth-order valence-electron chi connectivity index (χ4n) is 2.28. The van der Waals surface area contributed by atoms with Crippen LogP contribution in [0, 0.1) is 0 Å². The third-order valence-corrected chi connectivity index (χ3v) is 4.01. The summed E-state index contributed by atoms with van der Waals surface area (Å²) in [7, 11) is 2.19. The van der Waals surface area contributed by atoms with E-state index in [1.807, 2.05) is 12.3 Å². The van der Waals surface area contributed by atoms with E-state index in [0.29, 0.717) is 11.9 Å². The van der Waals surface area contributed by atoms with Crippen molar-refractivity contribution < 1.29 is 0 Å². The molecule has 5 nitrogen and oxygen atoms in total. The highest BCUT2D eigenvalue weighted by atomic mass is 32.2. The van der Waals surface area contributed by atoms with Crippen LogP contribution in [0.25, 0.3) is 0 Å². The summed E-state index contributed by atoms with van der Waals surface area (Å²) >= 11 is 1.53. The number of thioether (sulfide) groups is 1. The minimum atomic E-state index is 0.552. The van der Waals surface area contributed by atoms with Crippen LogP contribution in [0.15, 0.2) is 11.2 Å². The third-order valence-electron chi connectivity index (χ3n) is 3.47. The Hall–Kier alpha value is -1.01. The van der Waals surface area contributed by atoms with E-state index in [2.05, 4.69) is 33.7 Å². The molecular formula is C12H21N5S. The number of anilines is 2. The van der Waals surface area contributed by atoms with Crippen molar-refractivity contribution >= 4 is 23.4 Å². The molecule has 0 amide bonds. The Morgan fingerprint density at radius 2 is 2.22 bits per heavy atom. The number of aromatic nitrogens is 2. The van der Waals surface area contributed by atoms with Gasteiger partial charge in [-0.2, -0.15) is 0 Å². The van der Waals surface area contributed by atoms with Crippen LogP contribution in [-0.4, -0.2) is 53.8 Å². The molecule has 1 aliphatic heterocycles. The predicted octanol–water partition coefficient (Wildman–Crippen LogP) is 1.31. The second-order valence-corrected chi connectivity index (χ2v) is 5.40. The first-order chi connectivity index (χ1) is 8.63. The number of rotatable bonds is 3. The minimum absolute atomic E-state index is 0.552. The molecule has 100 valence electrons. The Morgan fingerprint density at radius 3 is 2.89 bits per heavy atom. The lowest BCUT2D eigenvalue weighted by Gasteiger charge is -2.39. The van der Waals surface area contributed by atoms with Gasteiger partial charge < -0.3 is 10.6 Å². The topological polar surface area (TPSA) is 58.3 Å². The summed E-state index contributed by atoms with van der Waals surface area (Å²) in [4.78, 5) is 13.5. The van der Waals surface area contributed by atoms with Crippen LogP contribution in [0.1, 0.15) is 13.3 Å². The maximum Gasteiger partial charge on any atom is 0.191 e. The van der Waals surface area contributed by atoms with Crippen molar-refractivity contribution in [2.24, 2.45) is 0 Å². The van der Waals surface area contributed by atoms with E-state index in [4.69, 9.17) is 5.73 Å². The van der Waals surface area contributed by atoms with E-state index in [1.165, 1.54) is 11.8 Å². The number of hydrogen-bond donors (Lipinski definition) is 1. The molecular weight excluding hydrogens is 246 g/mol. The average molecular weight is 267 g/mol. The molecule has 1 aromatic heterocycles. The smallest absolute Gasteiger partial charge is 0.191 e. The van der Waals surface area contributed by atoms with Crippen molar-refractivity contribution in [2.45, 2.75) is 24.5 Å². The predicted molar refractivity (Wildman–Crippen MR) is 77.1 cm³/mol. The Labute approximate surface area is 113 Å². The lowest BCUT2D eigenvalue weighted by Crippen LogP contribution is -2.51. The number of hydrogen-bond acceptors (Lipinski definition) is 6. The summed E-state index contributed by atoms with van der Waals surface area (Å²) < 4.78 is 0.